The van der Waals surface area contributed by atoms with E-state index in [0.29, 0.717) is 13.0 Å². The van der Waals surface area contributed by atoms with Crippen LogP contribution < -0.4 is 0 Å². The Labute approximate surface area is 88.0 Å². The fraction of sp³-hybridized carbons (Fsp3) is 0.778. The number of thioether (sulfide) groups is 1. The van der Waals surface area contributed by atoms with Crippen molar-refractivity contribution >= 4 is 23.6 Å². The smallest absolute Gasteiger partial charge is 0.342 e. The van der Waals surface area contributed by atoms with Gasteiger partial charge in [0.1, 0.15) is 0 Å². The molecule has 1 aliphatic rings. The number of amides is 1. The molecular formula is C9H15NO3S. The van der Waals surface area contributed by atoms with Gasteiger partial charge in [0, 0.05) is 19.2 Å². The Bertz CT molecular complexity index is 256. The maximum Gasteiger partial charge on any atom is 0.342 e. The molecule has 1 fully saturated rings. The average Bonchev–Trinajstić information content (AvgIpc) is 2.61. The van der Waals surface area contributed by atoms with E-state index in [4.69, 9.17) is 4.74 Å². The number of esters is 1. The molecule has 5 heteroatoms. The third-order valence-electron chi connectivity index (χ3n) is 2.46. The second-order valence-electron chi connectivity index (χ2n) is 3.15. The van der Waals surface area contributed by atoms with Gasteiger partial charge < -0.3 is 9.64 Å². The lowest BCUT2D eigenvalue weighted by Crippen LogP contribution is -2.50. The maximum absolute atomic E-state index is 11.6. The van der Waals surface area contributed by atoms with Gasteiger partial charge in [0.05, 0.1) is 7.11 Å². The Hall–Kier alpha value is -0.710. The quantitative estimate of drug-likeness (QED) is 0.644. The van der Waals surface area contributed by atoms with Crippen LogP contribution in [-0.4, -0.2) is 41.1 Å². The predicted molar refractivity (Wildman–Crippen MR) is 54.9 cm³/mol. The van der Waals surface area contributed by atoms with Crippen molar-refractivity contribution in [1.82, 2.24) is 4.90 Å². The summed E-state index contributed by atoms with van der Waals surface area (Å²) in [6, 6.07) is 0. The van der Waals surface area contributed by atoms with E-state index in [9.17, 15) is 9.59 Å². The summed E-state index contributed by atoms with van der Waals surface area (Å²) in [4.78, 5) is 23.8. The molecule has 0 N–H and O–H groups in total. The van der Waals surface area contributed by atoms with Crippen molar-refractivity contribution in [3.8, 4) is 0 Å². The number of rotatable bonds is 2. The van der Waals surface area contributed by atoms with Crippen LogP contribution in [0.5, 0.6) is 0 Å². The molecule has 1 saturated heterocycles. The Morgan fingerprint density at radius 1 is 1.57 bits per heavy atom. The SMILES string of the molecule is CCC1(C(=O)OC)SCCN1C(C)=O. The van der Waals surface area contributed by atoms with Crippen LogP contribution >= 0.6 is 11.8 Å². The Kier molecular flexibility index (Phi) is 3.42. The molecule has 0 radical (unpaired) electrons. The van der Waals surface area contributed by atoms with Crippen molar-refractivity contribution in [1.29, 1.82) is 0 Å². The highest BCUT2D eigenvalue weighted by Gasteiger charge is 2.49. The Morgan fingerprint density at radius 3 is 2.64 bits per heavy atom. The van der Waals surface area contributed by atoms with Crippen LogP contribution in [0.2, 0.25) is 0 Å². The summed E-state index contributed by atoms with van der Waals surface area (Å²) in [5.74, 6) is 0.405. The van der Waals surface area contributed by atoms with Crippen LogP contribution in [0.4, 0.5) is 0 Å². The molecule has 0 spiro atoms. The first-order valence-corrected chi connectivity index (χ1v) is 5.57. The van der Waals surface area contributed by atoms with Gasteiger partial charge in [0.15, 0.2) is 4.87 Å². The van der Waals surface area contributed by atoms with E-state index in [2.05, 4.69) is 0 Å². The minimum absolute atomic E-state index is 0.0674. The number of methoxy groups -OCH3 is 1. The summed E-state index contributed by atoms with van der Waals surface area (Å²) in [5.41, 5.74) is 0. The Balaban J connectivity index is 2.97. The number of hydrogen-bond acceptors (Lipinski definition) is 4. The van der Waals surface area contributed by atoms with Crippen molar-refractivity contribution in [3.05, 3.63) is 0 Å². The minimum Gasteiger partial charge on any atom is -0.467 e. The summed E-state index contributed by atoms with van der Waals surface area (Å²) in [7, 11) is 1.36. The molecule has 1 amide bonds. The second kappa shape index (κ2) is 4.21. The van der Waals surface area contributed by atoms with Crippen LogP contribution in [0.15, 0.2) is 0 Å². The lowest BCUT2D eigenvalue weighted by Gasteiger charge is -2.33. The van der Waals surface area contributed by atoms with Gasteiger partial charge in [-0.2, -0.15) is 0 Å². The molecule has 14 heavy (non-hydrogen) atoms. The molecule has 0 aromatic rings. The van der Waals surface area contributed by atoms with E-state index < -0.39 is 4.87 Å². The van der Waals surface area contributed by atoms with Gasteiger partial charge in [-0.15, -0.1) is 11.8 Å². The van der Waals surface area contributed by atoms with E-state index in [1.54, 1.807) is 4.90 Å². The molecule has 0 saturated carbocycles. The topological polar surface area (TPSA) is 46.6 Å². The number of ether oxygens (including phenoxy) is 1. The molecule has 0 aromatic carbocycles. The van der Waals surface area contributed by atoms with E-state index in [0.717, 1.165) is 5.75 Å². The number of nitrogens with zero attached hydrogens (tertiary/aromatic N) is 1. The minimum atomic E-state index is -0.777. The summed E-state index contributed by atoms with van der Waals surface area (Å²) in [6.45, 7) is 4.01. The highest BCUT2D eigenvalue weighted by Crippen LogP contribution is 2.39. The van der Waals surface area contributed by atoms with Crippen molar-refractivity contribution in [2.75, 3.05) is 19.4 Å². The zero-order valence-electron chi connectivity index (χ0n) is 8.70. The monoisotopic (exact) mass is 217 g/mol. The first-order chi connectivity index (χ1) is 6.58. The second-order valence-corrected chi connectivity index (χ2v) is 4.52. The zero-order chi connectivity index (χ0) is 10.8. The molecule has 1 unspecified atom stereocenters. The fourth-order valence-corrected chi connectivity index (χ4v) is 3.13. The predicted octanol–water partition coefficient (Wildman–Crippen LogP) is 0.861. The van der Waals surface area contributed by atoms with E-state index in [1.165, 1.54) is 25.8 Å². The molecule has 1 rings (SSSR count). The Morgan fingerprint density at radius 2 is 2.21 bits per heavy atom. The van der Waals surface area contributed by atoms with E-state index in [-0.39, 0.29) is 11.9 Å². The zero-order valence-corrected chi connectivity index (χ0v) is 9.52. The standard InChI is InChI=1S/C9H15NO3S/c1-4-9(8(12)13-3)10(7(2)11)5-6-14-9/h4-6H2,1-3H3. The lowest BCUT2D eigenvalue weighted by molar-refractivity contribution is -0.153. The third-order valence-corrected chi connectivity index (χ3v) is 4.00. The number of carbonyl (C=O) groups is 2. The first-order valence-electron chi connectivity index (χ1n) is 4.59. The lowest BCUT2D eigenvalue weighted by atomic mass is 10.2. The van der Waals surface area contributed by atoms with Crippen LogP contribution in [-0.2, 0) is 14.3 Å². The molecule has 1 heterocycles. The van der Waals surface area contributed by atoms with E-state index in [1.807, 2.05) is 6.92 Å². The third kappa shape index (κ3) is 1.61. The van der Waals surface area contributed by atoms with Gasteiger partial charge in [0.2, 0.25) is 5.91 Å². The van der Waals surface area contributed by atoms with Gasteiger partial charge in [-0.1, -0.05) is 6.92 Å². The summed E-state index contributed by atoms with van der Waals surface area (Å²) in [6.07, 6.45) is 0.587. The summed E-state index contributed by atoms with van der Waals surface area (Å²) in [5, 5.41) is 0. The molecule has 0 aromatic heterocycles. The summed E-state index contributed by atoms with van der Waals surface area (Å²) < 4.78 is 4.76. The average molecular weight is 217 g/mol. The van der Waals surface area contributed by atoms with Gasteiger partial charge in [0.25, 0.3) is 0 Å². The molecule has 0 bridgehead atoms. The highest BCUT2D eigenvalue weighted by molar-refractivity contribution is 8.01. The fourth-order valence-electron chi connectivity index (χ4n) is 1.74. The first kappa shape index (κ1) is 11.4. The van der Waals surface area contributed by atoms with Crippen molar-refractivity contribution < 1.29 is 14.3 Å². The van der Waals surface area contributed by atoms with Gasteiger partial charge in [-0.05, 0) is 6.42 Å². The van der Waals surface area contributed by atoms with Crippen molar-refractivity contribution in [2.45, 2.75) is 25.1 Å². The van der Waals surface area contributed by atoms with Gasteiger partial charge in [-0.3, -0.25) is 4.79 Å². The van der Waals surface area contributed by atoms with Crippen molar-refractivity contribution in [2.24, 2.45) is 0 Å². The van der Waals surface area contributed by atoms with E-state index >= 15 is 0 Å². The molecule has 80 valence electrons. The maximum atomic E-state index is 11.6. The largest absolute Gasteiger partial charge is 0.467 e. The molecule has 1 atom stereocenters. The highest BCUT2D eigenvalue weighted by atomic mass is 32.2. The van der Waals surface area contributed by atoms with Gasteiger partial charge >= 0.3 is 5.97 Å². The van der Waals surface area contributed by atoms with Crippen molar-refractivity contribution in [3.63, 3.8) is 0 Å². The van der Waals surface area contributed by atoms with Crippen LogP contribution in [0.25, 0.3) is 0 Å². The number of hydrogen-bond donors (Lipinski definition) is 0. The molecular weight excluding hydrogens is 202 g/mol. The normalized spacial score (nSPS) is 26.4. The van der Waals surface area contributed by atoms with Crippen LogP contribution in [0, 0.1) is 0 Å². The van der Waals surface area contributed by atoms with Crippen LogP contribution in [0.3, 0.4) is 0 Å². The summed E-state index contributed by atoms with van der Waals surface area (Å²) >= 11 is 1.49. The van der Waals surface area contributed by atoms with Gasteiger partial charge in [-0.25, -0.2) is 4.79 Å². The molecule has 4 nitrogen and oxygen atoms in total. The molecule has 1 aliphatic heterocycles. The number of carbonyl (C=O) groups excluding carboxylic acids is 2. The van der Waals surface area contributed by atoms with Crippen LogP contribution in [0.1, 0.15) is 20.3 Å². The molecule has 0 aliphatic carbocycles.